The molecule has 7 nitrogen and oxygen atoms in total. The van der Waals surface area contributed by atoms with Crippen molar-refractivity contribution in [2.45, 2.75) is 30.8 Å². The van der Waals surface area contributed by atoms with Crippen LogP contribution in [0.1, 0.15) is 41.4 Å². The van der Waals surface area contributed by atoms with E-state index in [0.29, 0.717) is 19.5 Å². The van der Waals surface area contributed by atoms with Gasteiger partial charge in [0.1, 0.15) is 17.1 Å². The fourth-order valence-corrected chi connectivity index (χ4v) is 4.70. The fourth-order valence-electron chi connectivity index (χ4n) is 4.70. The van der Waals surface area contributed by atoms with Gasteiger partial charge in [-0.2, -0.15) is 0 Å². The van der Waals surface area contributed by atoms with Crippen molar-refractivity contribution in [2.24, 2.45) is 0 Å². The van der Waals surface area contributed by atoms with Crippen LogP contribution in [0.15, 0.2) is 41.5 Å². The van der Waals surface area contributed by atoms with Gasteiger partial charge in [0.15, 0.2) is 5.82 Å². The van der Waals surface area contributed by atoms with Crippen LogP contribution < -0.4 is 15.6 Å². The standard InChI is InChI=1S/C23H22F2N4O3/c1-26-23(17-4-2-3-8-27-17)7-9-28(12-23)20-16(24)10-14-19(18(20)25)29(13-5-6-13)11-15(21(14)30)22(31)32/h2-4,8,10-11,13,26H,5-7,9,12H2,1H3,(H,31,32). The maximum Gasteiger partial charge on any atom is 0.341 e. The van der Waals surface area contributed by atoms with Crippen LogP contribution >= 0.6 is 0 Å². The summed E-state index contributed by atoms with van der Waals surface area (Å²) in [4.78, 5) is 30.3. The Morgan fingerprint density at radius 3 is 2.72 bits per heavy atom. The monoisotopic (exact) mass is 440 g/mol. The molecular weight excluding hydrogens is 418 g/mol. The number of nitrogens with zero attached hydrogens (tertiary/aromatic N) is 3. The number of hydrogen-bond acceptors (Lipinski definition) is 5. The topological polar surface area (TPSA) is 87.5 Å². The summed E-state index contributed by atoms with van der Waals surface area (Å²) in [6, 6.07) is 6.43. The van der Waals surface area contributed by atoms with Crippen molar-refractivity contribution < 1.29 is 18.7 Å². The van der Waals surface area contributed by atoms with Crippen molar-refractivity contribution in [3.05, 3.63) is 69.8 Å². The minimum atomic E-state index is -1.41. The zero-order valence-corrected chi connectivity index (χ0v) is 17.4. The Labute approximate surface area is 182 Å². The largest absolute Gasteiger partial charge is 0.477 e. The van der Waals surface area contributed by atoms with E-state index in [4.69, 9.17) is 0 Å². The van der Waals surface area contributed by atoms with E-state index in [1.807, 2.05) is 18.2 Å². The van der Waals surface area contributed by atoms with Gasteiger partial charge in [0, 0.05) is 31.5 Å². The molecule has 1 saturated heterocycles. The lowest BCUT2D eigenvalue weighted by Gasteiger charge is -2.29. The lowest BCUT2D eigenvalue weighted by atomic mass is 9.94. The lowest BCUT2D eigenvalue weighted by Crippen LogP contribution is -2.43. The summed E-state index contributed by atoms with van der Waals surface area (Å²) in [6.07, 6.45) is 4.95. The van der Waals surface area contributed by atoms with Crippen molar-refractivity contribution in [3.63, 3.8) is 0 Å². The van der Waals surface area contributed by atoms with Crippen LogP contribution in [0, 0.1) is 11.6 Å². The van der Waals surface area contributed by atoms with Gasteiger partial charge in [-0.3, -0.25) is 9.78 Å². The Hall–Kier alpha value is -3.33. The molecule has 0 bridgehead atoms. The highest BCUT2D eigenvalue weighted by molar-refractivity contribution is 5.94. The second-order valence-electron chi connectivity index (χ2n) is 8.45. The number of fused-ring (bicyclic) bond motifs is 1. The molecule has 5 rings (SSSR count). The van der Waals surface area contributed by atoms with Gasteiger partial charge in [-0.25, -0.2) is 13.6 Å². The van der Waals surface area contributed by atoms with Gasteiger partial charge in [0.2, 0.25) is 5.43 Å². The van der Waals surface area contributed by atoms with Crippen LogP contribution in [0.2, 0.25) is 0 Å². The number of rotatable bonds is 5. The third kappa shape index (κ3) is 3.07. The molecule has 0 radical (unpaired) electrons. The molecule has 1 atom stereocenters. The smallest absolute Gasteiger partial charge is 0.341 e. The normalized spacial score (nSPS) is 20.8. The van der Waals surface area contributed by atoms with E-state index < -0.39 is 34.1 Å². The summed E-state index contributed by atoms with van der Waals surface area (Å²) >= 11 is 0. The van der Waals surface area contributed by atoms with E-state index in [0.717, 1.165) is 24.6 Å². The lowest BCUT2D eigenvalue weighted by molar-refractivity contribution is 0.0694. The fraction of sp³-hybridized carbons (Fsp3) is 0.348. The van der Waals surface area contributed by atoms with Crippen molar-refractivity contribution >= 4 is 22.6 Å². The first-order chi connectivity index (χ1) is 15.4. The molecule has 2 fully saturated rings. The number of carbonyl (C=O) groups is 1. The predicted octanol–water partition coefficient (Wildman–Crippen LogP) is 3.03. The summed E-state index contributed by atoms with van der Waals surface area (Å²) in [7, 11) is 1.80. The average molecular weight is 440 g/mol. The minimum absolute atomic E-state index is 0.0429. The minimum Gasteiger partial charge on any atom is -0.477 e. The molecule has 2 N–H and O–H groups in total. The number of hydrogen-bond donors (Lipinski definition) is 2. The average Bonchev–Trinajstić information content (AvgIpc) is 3.54. The summed E-state index contributed by atoms with van der Waals surface area (Å²) in [5.41, 5.74) is -1.40. The molecule has 9 heteroatoms. The number of nitrogens with one attached hydrogen (secondary N) is 1. The Kier molecular flexibility index (Phi) is 4.74. The molecule has 2 aromatic heterocycles. The number of aromatic nitrogens is 2. The van der Waals surface area contributed by atoms with E-state index in [-0.39, 0.29) is 22.6 Å². The van der Waals surface area contributed by atoms with Crippen LogP contribution in [-0.2, 0) is 5.54 Å². The van der Waals surface area contributed by atoms with Gasteiger partial charge in [0.05, 0.1) is 22.1 Å². The number of anilines is 1. The van der Waals surface area contributed by atoms with Gasteiger partial charge in [-0.05, 0) is 44.5 Å². The van der Waals surface area contributed by atoms with Gasteiger partial charge in [-0.1, -0.05) is 6.07 Å². The second kappa shape index (κ2) is 7.37. The van der Waals surface area contributed by atoms with Gasteiger partial charge in [-0.15, -0.1) is 0 Å². The maximum absolute atomic E-state index is 15.9. The van der Waals surface area contributed by atoms with Crippen molar-refractivity contribution in [1.82, 2.24) is 14.9 Å². The van der Waals surface area contributed by atoms with Crippen LogP contribution in [0.3, 0.4) is 0 Å². The van der Waals surface area contributed by atoms with Crippen LogP contribution in [0.25, 0.3) is 10.9 Å². The highest BCUT2D eigenvalue weighted by atomic mass is 19.1. The number of carboxylic acid groups (broad SMARTS) is 1. The zero-order valence-electron chi connectivity index (χ0n) is 17.4. The van der Waals surface area contributed by atoms with Gasteiger partial charge >= 0.3 is 5.97 Å². The number of pyridine rings is 2. The Balaban J connectivity index is 1.66. The highest BCUT2D eigenvalue weighted by Crippen LogP contribution is 2.41. The maximum atomic E-state index is 15.9. The highest BCUT2D eigenvalue weighted by Gasteiger charge is 2.41. The van der Waals surface area contributed by atoms with Crippen molar-refractivity contribution in [3.8, 4) is 0 Å². The first-order valence-electron chi connectivity index (χ1n) is 10.5. The summed E-state index contributed by atoms with van der Waals surface area (Å²) in [6.45, 7) is 0.679. The predicted molar refractivity (Wildman–Crippen MR) is 115 cm³/mol. The van der Waals surface area contributed by atoms with Crippen LogP contribution in [0.5, 0.6) is 0 Å². The molecule has 166 valence electrons. The number of likely N-dealkylation sites (N-methyl/N-ethyl adjacent to an activating group) is 1. The van der Waals surface area contributed by atoms with Gasteiger partial charge < -0.3 is 19.9 Å². The molecule has 0 amide bonds. The number of benzene rings is 1. The Morgan fingerprint density at radius 1 is 1.31 bits per heavy atom. The van der Waals surface area contributed by atoms with E-state index in [2.05, 4.69) is 10.3 Å². The quantitative estimate of drug-likeness (QED) is 0.634. The Morgan fingerprint density at radius 2 is 2.09 bits per heavy atom. The van der Waals surface area contributed by atoms with E-state index in [1.54, 1.807) is 18.1 Å². The SMILES string of the molecule is CNC1(c2ccccn2)CCN(c2c(F)cc3c(=O)c(C(=O)O)cn(C4CC4)c3c2F)C1. The van der Waals surface area contributed by atoms with Crippen molar-refractivity contribution in [1.29, 1.82) is 0 Å². The third-order valence-electron chi connectivity index (χ3n) is 6.57. The number of carboxylic acids is 1. The van der Waals surface area contributed by atoms with E-state index in [9.17, 15) is 14.7 Å². The molecule has 1 aliphatic carbocycles. The molecule has 1 saturated carbocycles. The molecule has 0 spiro atoms. The molecule has 1 aliphatic heterocycles. The molecule has 2 aliphatic rings. The molecule has 3 heterocycles. The Bertz CT molecular complexity index is 1290. The van der Waals surface area contributed by atoms with Crippen LogP contribution in [0.4, 0.5) is 14.5 Å². The molecule has 1 unspecified atom stereocenters. The third-order valence-corrected chi connectivity index (χ3v) is 6.57. The summed E-state index contributed by atoms with van der Waals surface area (Å²) < 4.78 is 32.6. The van der Waals surface area contributed by atoms with E-state index >= 15 is 8.78 Å². The second-order valence-corrected chi connectivity index (χ2v) is 8.45. The zero-order chi connectivity index (χ0) is 22.6. The summed E-state index contributed by atoms with van der Waals surface area (Å²) in [5, 5.41) is 12.4. The molecule has 3 aromatic rings. The van der Waals surface area contributed by atoms with Crippen molar-refractivity contribution in [2.75, 3.05) is 25.0 Å². The molecule has 32 heavy (non-hydrogen) atoms. The summed E-state index contributed by atoms with van der Waals surface area (Å²) in [5.74, 6) is -3.14. The number of aromatic carboxylic acids is 1. The first kappa shape index (κ1) is 20.6. The van der Waals surface area contributed by atoms with Crippen LogP contribution in [-0.4, -0.2) is 40.8 Å². The first-order valence-corrected chi connectivity index (χ1v) is 10.5. The molecular formula is C23H22F2N4O3. The van der Waals surface area contributed by atoms with E-state index in [1.165, 1.54) is 10.8 Å². The van der Waals surface area contributed by atoms with Gasteiger partial charge in [0.25, 0.3) is 0 Å². The number of halogens is 2. The molecule has 1 aromatic carbocycles.